The zero-order valence-electron chi connectivity index (χ0n) is 13.7. The first-order valence-corrected chi connectivity index (χ1v) is 9.24. The number of ether oxygens (including phenoxy) is 2. The molecule has 0 saturated heterocycles. The van der Waals surface area contributed by atoms with Gasteiger partial charge in [-0.15, -0.1) is 0 Å². The summed E-state index contributed by atoms with van der Waals surface area (Å²) in [6.07, 6.45) is 0.705. The number of halogens is 1. The second kappa shape index (κ2) is 7.89. The number of fused-ring (bicyclic) bond motifs is 1. The van der Waals surface area contributed by atoms with Crippen LogP contribution in [0.1, 0.15) is 18.4 Å². The Hall–Kier alpha value is -2.05. The number of thiophene rings is 1. The Kier molecular flexibility index (Phi) is 5.60. The lowest BCUT2D eigenvalue weighted by atomic mass is 10.0. The van der Waals surface area contributed by atoms with Crippen LogP contribution < -0.4 is 10.1 Å². The van der Waals surface area contributed by atoms with Crippen LogP contribution in [0, 0.1) is 0 Å². The first-order chi connectivity index (χ1) is 12.1. The average Bonchev–Trinajstić information content (AvgIpc) is 3.27. The summed E-state index contributed by atoms with van der Waals surface area (Å²) in [6, 6.07) is 6.04. The Bertz CT molecular complexity index is 776. The molecule has 0 spiro atoms. The third kappa shape index (κ3) is 4.32. The zero-order valence-corrected chi connectivity index (χ0v) is 15.3. The third-order valence-corrected chi connectivity index (χ3v) is 4.98. The first-order valence-electron chi connectivity index (χ1n) is 7.92. The van der Waals surface area contributed by atoms with Crippen LogP contribution in [0.25, 0.3) is 11.1 Å². The van der Waals surface area contributed by atoms with E-state index in [1.807, 2.05) is 11.4 Å². The molecule has 1 N–H and O–H groups in total. The summed E-state index contributed by atoms with van der Waals surface area (Å²) in [5.41, 5.74) is 3.24. The number of methoxy groups -OCH3 is 1. The molecule has 25 heavy (non-hydrogen) atoms. The SMILES string of the molecule is COC(=O)CCC(=O)NC[C@@H]1Cc2cc(-c3ccsc3)cc(Cl)c2O1. The minimum absolute atomic E-state index is 0.0733. The summed E-state index contributed by atoms with van der Waals surface area (Å²) in [4.78, 5) is 22.8. The normalized spacial score (nSPS) is 15.4. The Morgan fingerprint density at radius 3 is 2.92 bits per heavy atom. The molecule has 0 saturated carbocycles. The molecule has 1 aromatic carbocycles. The summed E-state index contributed by atoms with van der Waals surface area (Å²) < 4.78 is 10.4. The van der Waals surface area contributed by atoms with Gasteiger partial charge in [-0.1, -0.05) is 11.6 Å². The molecule has 2 heterocycles. The number of carbonyl (C=O) groups excluding carboxylic acids is 2. The Balaban J connectivity index is 1.57. The van der Waals surface area contributed by atoms with Crippen molar-refractivity contribution in [1.82, 2.24) is 5.32 Å². The van der Waals surface area contributed by atoms with E-state index in [2.05, 4.69) is 27.6 Å². The molecular weight excluding hydrogens is 362 g/mol. The van der Waals surface area contributed by atoms with E-state index in [0.717, 1.165) is 16.7 Å². The number of esters is 1. The van der Waals surface area contributed by atoms with Crippen molar-refractivity contribution in [2.24, 2.45) is 0 Å². The molecule has 1 atom stereocenters. The molecule has 5 nitrogen and oxygen atoms in total. The maximum Gasteiger partial charge on any atom is 0.306 e. The molecule has 0 radical (unpaired) electrons. The van der Waals surface area contributed by atoms with Crippen molar-refractivity contribution >= 4 is 34.8 Å². The van der Waals surface area contributed by atoms with Crippen molar-refractivity contribution < 1.29 is 19.1 Å². The van der Waals surface area contributed by atoms with Gasteiger partial charge in [0.1, 0.15) is 11.9 Å². The van der Waals surface area contributed by atoms with Gasteiger partial charge in [-0.25, -0.2) is 0 Å². The van der Waals surface area contributed by atoms with Crippen molar-refractivity contribution in [1.29, 1.82) is 0 Å². The molecule has 1 aliphatic rings. The molecule has 7 heteroatoms. The highest BCUT2D eigenvalue weighted by Gasteiger charge is 2.26. The summed E-state index contributed by atoms with van der Waals surface area (Å²) >= 11 is 8.00. The number of rotatable bonds is 6. The van der Waals surface area contributed by atoms with Crippen LogP contribution in [0.5, 0.6) is 5.75 Å². The molecule has 0 bridgehead atoms. The fourth-order valence-corrected chi connectivity index (χ4v) is 3.68. The van der Waals surface area contributed by atoms with Gasteiger partial charge in [0.25, 0.3) is 0 Å². The van der Waals surface area contributed by atoms with Crippen LogP contribution in [0.3, 0.4) is 0 Å². The van der Waals surface area contributed by atoms with Gasteiger partial charge in [0, 0.05) is 18.4 Å². The standard InChI is InChI=1S/C18H18ClNO4S/c1-23-17(22)3-2-16(21)20-9-14-7-13-6-12(11-4-5-25-10-11)8-15(19)18(13)24-14/h4-6,8,10,14H,2-3,7,9H2,1H3,(H,20,21)/t14-/m0/s1. The van der Waals surface area contributed by atoms with E-state index in [1.165, 1.54) is 7.11 Å². The zero-order chi connectivity index (χ0) is 17.8. The minimum atomic E-state index is -0.396. The van der Waals surface area contributed by atoms with Gasteiger partial charge in [0.05, 0.1) is 25.1 Å². The molecule has 0 unspecified atom stereocenters. The molecule has 2 aromatic rings. The topological polar surface area (TPSA) is 64.6 Å². The Labute approximate surface area is 154 Å². The van der Waals surface area contributed by atoms with E-state index in [4.69, 9.17) is 16.3 Å². The Morgan fingerprint density at radius 1 is 1.36 bits per heavy atom. The number of hydrogen-bond acceptors (Lipinski definition) is 5. The van der Waals surface area contributed by atoms with Crippen molar-refractivity contribution in [3.8, 4) is 16.9 Å². The van der Waals surface area contributed by atoms with Gasteiger partial charge in [-0.2, -0.15) is 11.3 Å². The van der Waals surface area contributed by atoms with Gasteiger partial charge in [-0.3, -0.25) is 9.59 Å². The summed E-state index contributed by atoms with van der Waals surface area (Å²) in [5, 5.41) is 7.47. The third-order valence-electron chi connectivity index (χ3n) is 4.02. The van der Waals surface area contributed by atoms with Gasteiger partial charge < -0.3 is 14.8 Å². The number of nitrogens with one attached hydrogen (secondary N) is 1. The van der Waals surface area contributed by atoms with Gasteiger partial charge in [0.15, 0.2) is 0 Å². The van der Waals surface area contributed by atoms with Crippen LogP contribution in [-0.4, -0.2) is 31.6 Å². The highest BCUT2D eigenvalue weighted by atomic mass is 35.5. The van der Waals surface area contributed by atoms with Crippen molar-refractivity contribution in [2.75, 3.05) is 13.7 Å². The van der Waals surface area contributed by atoms with E-state index < -0.39 is 5.97 Å². The molecule has 1 aromatic heterocycles. The second-order valence-corrected chi connectivity index (χ2v) is 6.97. The van der Waals surface area contributed by atoms with Crippen molar-refractivity contribution in [3.63, 3.8) is 0 Å². The van der Waals surface area contributed by atoms with Crippen LogP contribution in [0.2, 0.25) is 5.02 Å². The summed E-state index contributed by atoms with van der Waals surface area (Å²) in [7, 11) is 1.30. The highest BCUT2D eigenvalue weighted by Crippen LogP contribution is 2.39. The number of carbonyl (C=O) groups is 2. The first kappa shape index (κ1) is 17.8. The predicted octanol–water partition coefficient (Wildman–Crippen LogP) is 3.44. The van der Waals surface area contributed by atoms with Crippen molar-refractivity contribution in [2.45, 2.75) is 25.4 Å². The lowest BCUT2D eigenvalue weighted by Gasteiger charge is -2.12. The molecule has 3 rings (SSSR count). The van der Waals surface area contributed by atoms with Crippen LogP contribution in [-0.2, 0) is 20.7 Å². The van der Waals surface area contributed by atoms with Crippen molar-refractivity contribution in [3.05, 3.63) is 39.5 Å². The number of hydrogen-bond donors (Lipinski definition) is 1. The van der Waals surface area contributed by atoms with E-state index in [0.29, 0.717) is 23.7 Å². The van der Waals surface area contributed by atoms with E-state index in [9.17, 15) is 9.59 Å². The number of benzene rings is 1. The van der Waals surface area contributed by atoms with E-state index >= 15 is 0 Å². The lowest BCUT2D eigenvalue weighted by Crippen LogP contribution is -2.34. The van der Waals surface area contributed by atoms with E-state index in [-0.39, 0.29) is 24.9 Å². The van der Waals surface area contributed by atoms with Gasteiger partial charge >= 0.3 is 5.97 Å². The molecular formula is C18H18ClNO4S. The lowest BCUT2D eigenvalue weighted by molar-refractivity contribution is -0.142. The van der Waals surface area contributed by atoms with Gasteiger partial charge in [-0.05, 0) is 40.1 Å². The Morgan fingerprint density at radius 2 is 2.20 bits per heavy atom. The highest BCUT2D eigenvalue weighted by molar-refractivity contribution is 7.08. The van der Waals surface area contributed by atoms with Crippen LogP contribution in [0.15, 0.2) is 29.0 Å². The summed E-state index contributed by atoms with van der Waals surface area (Å²) in [5.74, 6) is 0.0943. The second-order valence-electron chi connectivity index (χ2n) is 5.78. The molecule has 1 aliphatic heterocycles. The largest absolute Gasteiger partial charge is 0.486 e. The smallest absolute Gasteiger partial charge is 0.306 e. The van der Waals surface area contributed by atoms with Gasteiger partial charge in [0.2, 0.25) is 5.91 Å². The molecule has 1 amide bonds. The quantitative estimate of drug-likeness (QED) is 0.781. The van der Waals surface area contributed by atoms with Crippen LogP contribution in [0.4, 0.5) is 0 Å². The fraction of sp³-hybridized carbons (Fsp3) is 0.333. The average molecular weight is 380 g/mol. The monoisotopic (exact) mass is 379 g/mol. The maximum absolute atomic E-state index is 11.8. The molecule has 0 fully saturated rings. The molecule has 132 valence electrons. The minimum Gasteiger partial charge on any atom is -0.486 e. The fourth-order valence-electron chi connectivity index (χ4n) is 2.73. The predicted molar refractivity (Wildman–Crippen MR) is 97.1 cm³/mol. The maximum atomic E-state index is 11.8. The summed E-state index contributed by atoms with van der Waals surface area (Å²) in [6.45, 7) is 0.374. The number of amides is 1. The molecule has 0 aliphatic carbocycles. The van der Waals surface area contributed by atoms with Crippen LogP contribution >= 0.6 is 22.9 Å². The van der Waals surface area contributed by atoms with E-state index in [1.54, 1.807) is 11.3 Å².